The summed E-state index contributed by atoms with van der Waals surface area (Å²) in [5.41, 5.74) is 1.11. The van der Waals surface area contributed by atoms with Gasteiger partial charge in [0.1, 0.15) is 0 Å². The van der Waals surface area contributed by atoms with Crippen molar-refractivity contribution in [1.82, 2.24) is 0 Å². The molecule has 0 fully saturated rings. The minimum atomic E-state index is -0.312. The number of carbonyl (C=O) groups is 1. The van der Waals surface area contributed by atoms with E-state index in [-0.39, 0.29) is 5.97 Å². The number of nitrogens with one attached hydrogen (secondary N) is 1. The second kappa shape index (κ2) is 13.6. The highest BCUT2D eigenvalue weighted by molar-refractivity contribution is 5.90. The Hall–Kier alpha value is -1.84. The highest BCUT2D eigenvalue weighted by Crippen LogP contribution is 2.12. The summed E-state index contributed by atoms with van der Waals surface area (Å²) >= 11 is 0. The van der Waals surface area contributed by atoms with E-state index >= 15 is 0 Å². The fourth-order valence-electron chi connectivity index (χ4n) is 2.59. The molecular weight excluding hydrogens is 302 g/mol. The molecule has 0 aliphatic carbocycles. The first kappa shape index (κ1) is 20.2. The van der Waals surface area contributed by atoms with Crippen LogP contribution in [0.4, 0.5) is 5.69 Å². The fourth-order valence-corrected chi connectivity index (χ4v) is 2.59. The molecular formula is C20H30NO3. The Kier molecular flexibility index (Phi) is 11.4. The lowest BCUT2D eigenvalue weighted by Gasteiger charge is -2.06. The second-order valence-electron chi connectivity index (χ2n) is 6.12. The van der Waals surface area contributed by atoms with Crippen molar-refractivity contribution in [3.05, 3.63) is 29.8 Å². The zero-order valence-corrected chi connectivity index (χ0v) is 14.8. The molecule has 1 aromatic carbocycles. The van der Waals surface area contributed by atoms with Crippen molar-refractivity contribution in [2.24, 2.45) is 0 Å². The number of esters is 1. The topological polar surface area (TPSA) is 55.4 Å². The average molecular weight is 332 g/mol. The van der Waals surface area contributed by atoms with Gasteiger partial charge in [0.05, 0.1) is 12.2 Å². The molecule has 0 atom stereocenters. The summed E-state index contributed by atoms with van der Waals surface area (Å²) in [5, 5.41) is 2.41. The van der Waals surface area contributed by atoms with Gasteiger partial charge in [-0.1, -0.05) is 64.7 Å². The van der Waals surface area contributed by atoms with Gasteiger partial charge < -0.3 is 10.1 Å². The largest absolute Gasteiger partial charge is 0.462 e. The highest BCUT2D eigenvalue weighted by Gasteiger charge is 2.06. The van der Waals surface area contributed by atoms with Crippen LogP contribution in [0, 0.1) is 0 Å². The van der Waals surface area contributed by atoms with Gasteiger partial charge in [-0.05, 0) is 30.7 Å². The molecule has 1 rings (SSSR count). The summed E-state index contributed by atoms with van der Waals surface area (Å²) in [6, 6.07) is 6.59. The Balaban J connectivity index is 2.00. The summed E-state index contributed by atoms with van der Waals surface area (Å²) in [6.45, 7) is 2.71. The van der Waals surface area contributed by atoms with Gasteiger partial charge in [0.25, 0.3) is 0 Å². The molecule has 0 aromatic heterocycles. The van der Waals surface area contributed by atoms with Crippen LogP contribution in [-0.4, -0.2) is 19.0 Å². The summed E-state index contributed by atoms with van der Waals surface area (Å²) in [6.07, 6.45) is 14.2. The molecule has 0 unspecified atom stereocenters. The molecule has 0 spiro atoms. The van der Waals surface area contributed by atoms with Crippen LogP contribution in [0.25, 0.3) is 0 Å². The van der Waals surface area contributed by atoms with Crippen molar-refractivity contribution in [1.29, 1.82) is 0 Å². The average Bonchev–Trinajstić information content (AvgIpc) is 2.60. The monoisotopic (exact) mass is 332 g/mol. The molecule has 1 amide bonds. The molecule has 0 aliphatic rings. The third-order valence-electron chi connectivity index (χ3n) is 4.05. The lowest BCUT2D eigenvalue weighted by atomic mass is 10.1. The van der Waals surface area contributed by atoms with Gasteiger partial charge in [-0.15, -0.1) is 0 Å². The van der Waals surface area contributed by atoms with Crippen LogP contribution in [-0.2, 0) is 9.53 Å². The van der Waals surface area contributed by atoms with Crippen molar-refractivity contribution in [2.75, 3.05) is 11.9 Å². The van der Waals surface area contributed by atoms with Gasteiger partial charge >= 0.3 is 12.4 Å². The molecule has 24 heavy (non-hydrogen) atoms. The molecule has 0 heterocycles. The first-order chi connectivity index (χ1) is 11.8. The Morgan fingerprint density at radius 3 is 2.00 bits per heavy atom. The number of hydrogen-bond donors (Lipinski definition) is 1. The van der Waals surface area contributed by atoms with Crippen LogP contribution >= 0.6 is 0 Å². The van der Waals surface area contributed by atoms with Crippen LogP contribution in [0.5, 0.6) is 0 Å². The maximum atomic E-state index is 11.9. The van der Waals surface area contributed by atoms with E-state index in [1.54, 1.807) is 30.7 Å². The zero-order chi connectivity index (χ0) is 17.5. The summed E-state index contributed by atoms with van der Waals surface area (Å²) in [4.78, 5) is 22.0. The van der Waals surface area contributed by atoms with Gasteiger partial charge in [0, 0.05) is 5.69 Å². The van der Waals surface area contributed by atoms with Crippen molar-refractivity contribution >= 4 is 18.1 Å². The number of amides is 1. The minimum absolute atomic E-state index is 0.312. The first-order valence-corrected chi connectivity index (χ1v) is 9.18. The zero-order valence-electron chi connectivity index (χ0n) is 14.8. The van der Waals surface area contributed by atoms with Gasteiger partial charge in [0.2, 0.25) is 0 Å². The van der Waals surface area contributed by atoms with Crippen LogP contribution in [0.2, 0.25) is 0 Å². The Morgan fingerprint density at radius 2 is 1.46 bits per heavy atom. The Morgan fingerprint density at radius 1 is 0.917 bits per heavy atom. The smallest absolute Gasteiger partial charge is 0.338 e. The van der Waals surface area contributed by atoms with Crippen LogP contribution in [0.15, 0.2) is 24.3 Å². The van der Waals surface area contributed by atoms with Gasteiger partial charge in [-0.25, -0.2) is 4.79 Å². The Labute approximate surface area is 146 Å². The summed E-state index contributed by atoms with van der Waals surface area (Å²) in [7, 11) is 0. The van der Waals surface area contributed by atoms with E-state index in [9.17, 15) is 9.59 Å². The molecule has 1 aromatic rings. The highest BCUT2D eigenvalue weighted by atomic mass is 16.5. The van der Waals surface area contributed by atoms with Crippen molar-refractivity contribution < 1.29 is 14.3 Å². The van der Waals surface area contributed by atoms with E-state index in [4.69, 9.17) is 4.74 Å². The van der Waals surface area contributed by atoms with Crippen molar-refractivity contribution in [3.63, 3.8) is 0 Å². The molecule has 4 nitrogen and oxygen atoms in total. The second-order valence-corrected chi connectivity index (χ2v) is 6.12. The third-order valence-corrected chi connectivity index (χ3v) is 4.05. The first-order valence-electron chi connectivity index (χ1n) is 9.18. The number of anilines is 1. The molecule has 4 heteroatoms. The standard InChI is InChI=1S/C20H30NO3/c1-2-3-4-5-6-7-8-9-10-11-16-24-20(23)18-12-14-19(15-13-18)21-17-22/h12-15H,2-11,16H2,1H3,(H,21,22). The molecule has 0 bridgehead atoms. The van der Waals surface area contributed by atoms with E-state index in [0.717, 1.165) is 12.8 Å². The predicted octanol–water partition coefficient (Wildman–Crippen LogP) is 5.24. The molecule has 1 radical (unpaired) electrons. The SMILES string of the molecule is CCCCCCCCCCCCOC(=O)c1ccc(N[C]=O)cc1. The van der Waals surface area contributed by atoms with E-state index in [0.29, 0.717) is 17.9 Å². The molecule has 133 valence electrons. The molecule has 0 aliphatic heterocycles. The fraction of sp³-hybridized carbons (Fsp3) is 0.600. The third kappa shape index (κ3) is 9.33. The summed E-state index contributed by atoms with van der Waals surface area (Å²) < 4.78 is 5.26. The number of ether oxygens (including phenoxy) is 1. The van der Waals surface area contributed by atoms with E-state index in [2.05, 4.69) is 12.2 Å². The lowest BCUT2D eigenvalue weighted by Crippen LogP contribution is -2.06. The number of carbonyl (C=O) groups excluding carboxylic acids is 2. The maximum absolute atomic E-state index is 11.9. The lowest BCUT2D eigenvalue weighted by molar-refractivity contribution is 0.0497. The number of rotatable bonds is 14. The number of hydrogen-bond acceptors (Lipinski definition) is 3. The van der Waals surface area contributed by atoms with E-state index < -0.39 is 0 Å². The molecule has 1 N–H and O–H groups in total. The maximum Gasteiger partial charge on any atom is 0.338 e. The Bertz CT molecular complexity index is 456. The molecule has 0 saturated heterocycles. The van der Waals surface area contributed by atoms with Crippen molar-refractivity contribution in [2.45, 2.75) is 71.1 Å². The normalized spacial score (nSPS) is 10.4. The van der Waals surface area contributed by atoms with Crippen LogP contribution in [0.3, 0.4) is 0 Å². The molecule has 0 saturated carbocycles. The van der Waals surface area contributed by atoms with E-state index in [1.807, 2.05) is 0 Å². The van der Waals surface area contributed by atoms with Gasteiger partial charge in [-0.3, -0.25) is 4.79 Å². The van der Waals surface area contributed by atoms with Crippen molar-refractivity contribution in [3.8, 4) is 0 Å². The predicted molar refractivity (Wildman–Crippen MR) is 97.9 cm³/mol. The number of unbranched alkanes of at least 4 members (excludes halogenated alkanes) is 9. The summed E-state index contributed by atoms with van der Waals surface area (Å²) in [5.74, 6) is -0.312. The van der Waals surface area contributed by atoms with E-state index in [1.165, 1.54) is 51.4 Å². The minimum Gasteiger partial charge on any atom is -0.462 e. The van der Waals surface area contributed by atoms with Crippen LogP contribution in [0.1, 0.15) is 81.5 Å². The van der Waals surface area contributed by atoms with Crippen LogP contribution < -0.4 is 5.32 Å². The number of benzene rings is 1. The van der Waals surface area contributed by atoms with Gasteiger partial charge in [-0.2, -0.15) is 0 Å². The van der Waals surface area contributed by atoms with Gasteiger partial charge in [0.15, 0.2) is 0 Å². The quantitative estimate of drug-likeness (QED) is 0.288.